The zero-order valence-corrected chi connectivity index (χ0v) is 59.2. The summed E-state index contributed by atoms with van der Waals surface area (Å²) in [5.41, 5.74) is 0. The van der Waals surface area contributed by atoms with Crippen molar-refractivity contribution in [2.45, 2.75) is 343 Å². The molecule has 19 heteroatoms. The Morgan fingerprint density at radius 1 is 0.348 bits per heavy atom. The van der Waals surface area contributed by atoms with Gasteiger partial charge in [0.1, 0.15) is 19.3 Å². The lowest BCUT2D eigenvalue weighted by Gasteiger charge is -2.21. The number of unbranched alkanes of at least 4 members (excludes halogenated alkanes) is 31. The number of hydrogen-bond donors (Lipinski definition) is 3. The standard InChI is InChI=1S/C70H132O17P2/c1-8-9-10-11-12-13-14-15-16-17-21-24-29-39-46-53-69(74)86-65(57-80-67(72)51-44-37-31-26-28-35-42-49-62(4)5)59-84-88(76,77)82-55-64(71)56-83-89(78,79)85-60-66(58-81-68(73)52-45-38-33-32-36-43-50-63(6)7)87-70(75)54-47-40-30-25-22-19-18-20-23-27-34-41-48-61(2)3/h13-16,61-66,71H,8-12,17-60H2,1-7H3,(H,76,77)(H,78,79)/b14-13-,16-15-/t64?,65-,66-/m1/s1. The monoisotopic (exact) mass is 1310 g/mol. The number of carbonyl (C=O) groups is 4. The number of aliphatic hydroxyl groups is 1. The maximum absolute atomic E-state index is 13.0. The van der Waals surface area contributed by atoms with Gasteiger partial charge in [-0.1, -0.05) is 272 Å². The number of carbonyl (C=O) groups excluding carboxylic acids is 4. The van der Waals surface area contributed by atoms with Crippen molar-refractivity contribution >= 4 is 39.5 Å². The summed E-state index contributed by atoms with van der Waals surface area (Å²) in [6, 6.07) is 0. The van der Waals surface area contributed by atoms with Gasteiger partial charge in [0.05, 0.1) is 26.4 Å². The van der Waals surface area contributed by atoms with Gasteiger partial charge in [0.2, 0.25) is 0 Å². The number of aliphatic hydroxyl groups excluding tert-OH is 1. The second-order valence-electron chi connectivity index (χ2n) is 26.0. The van der Waals surface area contributed by atoms with Crippen LogP contribution in [-0.4, -0.2) is 96.7 Å². The van der Waals surface area contributed by atoms with Gasteiger partial charge < -0.3 is 33.8 Å². The van der Waals surface area contributed by atoms with Crippen molar-refractivity contribution in [3.05, 3.63) is 24.3 Å². The molecule has 0 fully saturated rings. The van der Waals surface area contributed by atoms with E-state index in [-0.39, 0.29) is 25.7 Å². The van der Waals surface area contributed by atoms with Gasteiger partial charge in [0, 0.05) is 25.7 Å². The number of esters is 4. The van der Waals surface area contributed by atoms with E-state index >= 15 is 0 Å². The van der Waals surface area contributed by atoms with E-state index in [9.17, 15) is 43.2 Å². The summed E-state index contributed by atoms with van der Waals surface area (Å²) in [5.74, 6) is -0.00563. The summed E-state index contributed by atoms with van der Waals surface area (Å²) in [5, 5.41) is 10.6. The third-order valence-corrected chi connectivity index (χ3v) is 17.4. The Hall–Kier alpha value is -2.46. The molecule has 0 aliphatic rings. The molecular formula is C70H132O17P2. The molecule has 3 N–H and O–H groups in total. The topological polar surface area (TPSA) is 237 Å². The summed E-state index contributed by atoms with van der Waals surface area (Å²) in [7, 11) is -9.91. The average molecular weight is 1310 g/mol. The molecule has 0 saturated carbocycles. The fraction of sp³-hybridized carbons (Fsp3) is 0.886. The molecular weight excluding hydrogens is 1170 g/mol. The molecule has 524 valence electrons. The second-order valence-corrected chi connectivity index (χ2v) is 28.9. The molecule has 0 spiro atoms. The smallest absolute Gasteiger partial charge is 0.462 e. The molecule has 0 aromatic rings. The largest absolute Gasteiger partial charge is 0.472 e. The molecule has 17 nitrogen and oxygen atoms in total. The molecule has 0 radical (unpaired) electrons. The molecule has 0 aliphatic carbocycles. The Kier molecular flexibility index (Phi) is 58.8. The predicted molar refractivity (Wildman–Crippen MR) is 358 cm³/mol. The molecule has 0 rings (SSSR count). The van der Waals surface area contributed by atoms with Crippen LogP contribution in [0.1, 0.15) is 325 Å². The minimum Gasteiger partial charge on any atom is -0.462 e. The molecule has 0 aliphatic heterocycles. The van der Waals surface area contributed by atoms with Crippen molar-refractivity contribution < 1.29 is 80.2 Å². The number of phosphoric ester groups is 2. The summed E-state index contributed by atoms with van der Waals surface area (Å²) in [6.07, 6.45) is 46.9. The van der Waals surface area contributed by atoms with Crippen molar-refractivity contribution in [2.75, 3.05) is 39.6 Å². The van der Waals surface area contributed by atoms with Crippen LogP contribution in [0.3, 0.4) is 0 Å². The molecule has 0 saturated heterocycles. The number of hydrogen-bond acceptors (Lipinski definition) is 15. The van der Waals surface area contributed by atoms with Gasteiger partial charge in [0.25, 0.3) is 0 Å². The Morgan fingerprint density at radius 2 is 0.607 bits per heavy atom. The van der Waals surface area contributed by atoms with E-state index in [0.717, 1.165) is 121 Å². The average Bonchev–Trinajstić information content (AvgIpc) is 3.70. The molecule has 3 unspecified atom stereocenters. The normalized spacial score (nSPS) is 14.4. The van der Waals surface area contributed by atoms with Crippen LogP contribution < -0.4 is 0 Å². The van der Waals surface area contributed by atoms with Crippen LogP contribution in [-0.2, 0) is 65.4 Å². The summed E-state index contributed by atoms with van der Waals surface area (Å²) < 4.78 is 68.2. The van der Waals surface area contributed by atoms with E-state index < -0.39 is 97.5 Å². The van der Waals surface area contributed by atoms with Gasteiger partial charge in [-0.25, -0.2) is 9.13 Å². The van der Waals surface area contributed by atoms with Crippen molar-refractivity contribution in [1.29, 1.82) is 0 Å². The number of allylic oxidation sites excluding steroid dienone is 4. The predicted octanol–water partition coefficient (Wildman–Crippen LogP) is 19.4. The minimum atomic E-state index is -4.96. The zero-order valence-electron chi connectivity index (χ0n) is 57.4. The van der Waals surface area contributed by atoms with Gasteiger partial charge in [0.15, 0.2) is 12.2 Å². The molecule has 0 aromatic carbocycles. The summed E-state index contributed by atoms with van der Waals surface area (Å²) >= 11 is 0. The summed E-state index contributed by atoms with van der Waals surface area (Å²) in [4.78, 5) is 72.4. The van der Waals surface area contributed by atoms with Gasteiger partial charge in [-0.15, -0.1) is 0 Å². The zero-order chi connectivity index (χ0) is 65.9. The van der Waals surface area contributed by atoms with E-state index in [1.54, 1.807) is 0 Å². The lowest BCUT2D eigenvalue weighted by atomic mass is 10.0. The van der Waals surface area contributed by atoms with E-state index in [1.165, 1.54) is 109 Å². The van der Waals surface area contributed by atoms with Crippen LogP contribution in [0.25, 0.3) is 0 Å². The van der Waals surface area contributed by atoms with Crippen molar-refractivity contribution in [1.82, 2.24) is 0 Å². The Balaban J connectivity index is 5.27. The Labute approximate surface area is 542 Å². The van der Waals surface area contributed by atoms with Gasteiger partial charge in [-0.05, 0) is 69.1 Å². The molecule has 0 heterocycles. The number of ether oxygens (including phenoxy) is 4. The fourth-order valence-electron chi connectivity index (χ4n) is 10.0. The lowest BCUT2D eigenvalue weighted by Crippen LogP contribution is -2.30. The van der Waals surface area contributed by atoms with Gasteiger partial charge in [-0.2, -0.15) is 0 Å². The van der Waals surface area contributed by atoms with Crippen LogP contribution >= 0.6 is 15.6 Å². The van der Waals surface area contributed by atoms with Crippen molar-refractivity contribution in [2.24, 2.45) is 17.8 Å². The molecule has 0 bridgehead atoms. The molecule has 5 atom stereocenters. The molecule has 0 aromatic heterocycles. The van der Waals surface area contributed by atoms with Crippen LogP contribution in [0.5, 0.6) is 0 Å². The first kappa shape index (κ1) is 86.5. The van der Waals surface area contributed by atoms with E-state index in [1.807, 2.05) is 0 Å². The SMILES string of the molecule is CCCCCC/C=C\C=C/CCCCCCCC(=O)O[C@H](COC(=O)CCCCCCCCCC(C)C)COP(=O)(O)OCC(O)COP(=O)(O)OC[C@@H](COC(=O)CCCCCCCCC(C)C)OC(=O)CCCCCCCCCCCCCCC(C)C. The maximum Gasteiger partial charge on any atom is 0.472 e. The van der Waals surface area contributed by atoms with Crippen molar-refractivity contribution in [3.8, 4) is 0 Å². The van der Waals surface area contributed by atoms with Crippen LogP contribution in [0, 0.1) is 17.8 Å². The first-order valence-corrected chi connectivity index (χ1v) is 38.7. The molecule has 89 heavy (non-hydrogen) atoms. The lowest BCUT2D eigenvalue weighted by molar-refractivity contribution is -0.161. The Bertz CT molecular complexity index is 1840. The van der Waals surface area contributed by atoms with Crippen LogP contribution in [0.4, 0.5) is 0 Å². The number of phosphoric acid groups is 2. The second kappa shape index (κ2) is 60.5. The highest BCUT2D eigenvalue weighted by molar-refractivity contribution is 7.47. The van der Waals surface area contributed by atoms with Gasteiger partial charge in [-0.3, -0.25) is 37.3 Å². The first-order chi connectivity index (χ1) is 42.7. The highest BCUT2D eigenvalue weighted by Gasteiger charge is 2.30. The third-order valence-electron chi connectivity index (χ3n) is 15.5. The minimum absolute atomic E-state index is 0.0837. The highest BCUT2D eigenvalue weighted by Crippen LogP contribution is 2.45. The van der Waals surface area contributed by atoms with Crippen molar-refractivity contribution in [3.63, 3.8) is 0 Å². The van der Waals surface area contributed by atoms with Crippen LogP contribution in [0.2, 0.25) is 0 Å². The third kappa shape index (κ3) is 64.1. The van der Waals surface area contributed by atoms with E-state index in [0.29, 0.717) is 37.5 Å². The number of rotatable bonds is 66. The van der Waals surface area contributed by atoms with E-state index in [4.69, 9.17) is 37.0 Å². The molecule has 0 amide bonds. The first-order valence-electron chi connectivity index (χ1n) is 35.7. The highest BCUT2D eigenvalue weighted by atomic mass is 31.2. The van der Waals surface area contributed by atoms with Crippen LogP contribution in [0.15, 0.2) is 24.3 Å². The fourth-order valence-corrected chi connectivity index (χ4v) is 11.6. The summed E-state index contributed by atoms with van der Waals surface area (Å²) in [6.45, 7) is 11.6. The maximum atomic E-state index is 13.0. The Morgan fingerprint density at radius 3 is 0.910 bits per heavy atom. The quantitative estimate of drug-likeness (QED) is 0.0169. The van der Waals surface area contributed by atoms with E-state index in [2.05, 4.69) is 72.8 Å². The van der Waals surface area contributed by atoms with Gasteiger partial charge >= 0.3 is 39.5 Å².